The molecule has 9 heteroatoms. The van der Waals surface area contributed by atoms with Crippen molar-refractivity contribution in [2.24, 2.45) is 0 Å². The fourth-order valence-corrected chi connectivity index (χ4v) is 4.88. The standard InChI is InChI=1S/C24H23N3O5S/c1-24(2,3)18-11-15(13-22(28)29)12-21(23(18)30)27-25-19-10-9-17(14-20(19)26-27)33(31,32)16-7-5-4-6-8-16/h4-12,14,30H,13H2,1-3H3,(H,28,29). The lowest BCUT2D eigenvalue weighted by molar-refractivity contribution is -0.136. The van der Waals surface area contributed by atoms with E-state index in [1.807, 2.05) is 20.8 Å². The number of phenols is 1. The Morgan fingerprint density at radius 3 is 2.24 bits per heavy atom. The predicted molar refractivity (Wildman–Crippen MR) is 122 cm³/mol. The second-order valence-corrected chi connectivity index (χ2v) is 10.7. The van der Waals surface area contributed by atoms with E-state index in [0.717, 1.165) is 0 Å². The fourth-order valence-electron chi connectivity index (χ4n) is 3.58. The van der Waals surface area contributed by atoms with E-state index in [0.29, 0.717) is 22.2 Å². The number of carboxylic acid groups (broad SMARTS) is 1. The molecule has 2 N–H and O–H groups in total. The van der Waals surface area contributed by atoms with Gasteiger partial charge in [0, 0.05) is 5.56 Å². The third-order valence-corrected chi connectivity index (χ3v) is 7.01. The number of carbonyl (C=O) groups is 1. The molecule has 0 aliphatic rings. The summed E-state index contributed by atoms with van der Waals surface area (Å²) in [6.07, 6.45) is -0.226. The van der Waals surface area contributed by atoms with Crippen LogP contribution in [0.15, 0.2) is 70.5 Å². The van der Waals surface area contributed by atoms with Gasteiger partial charge >= 0.3 is 5.97 Å². The van der Waals surface area contributed by atoms with Crippen molar-refractivity contribution in [2.75, 3.05) is 0 Å². The summed E-state index contributed by atoms with van der Waals surface area (Å²) in [5.41, 5.74) is 1.58. The van der Waals surface area contributed by atoms with Crippen LogP contribution in [0.5, 0.6) is 5.75 Å². The van der Waals surface area contributed by atoms with Crippen molar-refractivity contribution in [1.29, 1.82) is 0 Å². The van der Waals surface area contributed by atoms with E-state index < -0.39 is 21.2 Å². The van der Waals surface area contributed by atoms with Crippen molar-refractivity contribution in [1.82, 2.24) is 15.0 Å². The molecule has 0 atom stereocenters. The first kappa shape index (κ1) is 22.5. The molecule has 4 aromatic rings. The Morgan fingerprint density at radius 1 is 0.939 bits per heavy atom. The lowest BCUT2D eigenvalue weighted by Gasteiger charge is -2.22. The largest absolute Gasteiger partial charge is 0.505 e. The summed E-state index contributed by atoms with van der Waals surface area (Å²) in [6, 6.07) is 15.7. The molecule has 0 fully saturated rings. The Bertz CT molecular complexity index is 1470. The molecule has 170 valence electrons. The van der Waals surface area contributed by atoms with E-state index in [9.17, 15) is 23.4 Å². The zero-order valence-corrected chi connectivity index (χ0v) is 19.2. The number of carboxylic acids is 1. The van der Waals surface area contributed by atoms with Crippen LogP contribution in [0.3, 0.4) is 0 Å². The first-order valence-electron chi connectivity index (χ1n) is 10.2. The van der Waals surface area contributed by atoms with Crippen molar-refractivity contribution in [3.05, 3.63) is 71.8 Å². The molecule has 8 nitrogen and oxygen atoms in total. The van der Waals surface area contributed by atoms with Crippen LogP contribution in [0.2, 0.25) is 0 Å². The van der Waals surface area contributed by atoms with E-state index in [1.54, 1.807) is 30.3 Å². The number of hydrogen-bond acceptors (Lipinski definition) is 6. The fraction of sp³-hybridized carbons (Fsp3) is 0.208. The summed E-state index contributed by atoms with van der Waals surface area (Å²) in [4.78, 5) is 12.8. The van der Waals surface area contributed by atoms with Gasteiger partial charge in [-0.25, -0.2) is 8.42 Å². The summed E-state index contributed by atoms with van der Waals surface area (Å²) in [5.74, 6) is -1.06. The second-order valence-electron chi connectivity index (χ2n) is 8.79. The Balaban J connectivity index is 1.85. The maximum absolute atomic E-state index is 13.0. The van der Waals surface area contributed by atoms with Gasteiger partial charge in [-0.3, -0.25) is 4.79 Å². The van der Waals surface area contributed by atoms with Crippen LogP contribution < -0.4 is 0 Å². The van der Waals surface area contributed by atoms with Crippen molar-refractivity contribution in [3.8, 4) is 11.4 Å². The lowest BCUT2D eigenvalue weighted by Crippen LogP contribution is -2.15. The first-order valence-corrected chi connectivity index (χ1v) is 11.7. The van der Waals surface area contributed by atoms with E-state index in [2.05, 4.69) is 10.2 Å². The average molecular weight is 466 g/mol. The molecule has 0 amide bonds. The number of phenolic OH excluding ortho intramolecular Hbond substituents is 1. The van der Waals surface area contributed by atoms with Crippen molar-refractivity contribution in [2.45, 2.75) is 42.4 Å². The van der Waals surface area contributed by atoms with Gasteiger partial charge in [-0.15, -0.1) is 15.0 Å². The third-order valence-electron chi connectivity index (χ3n) is 5.24. The molecule has 0 unspecified atom stereocenters. The highest BCUT2D eigenvalue weighted by molar-refractivity contribution is 7.91. The maximum Gasteiger partial charge on any atom is 0.307 e. The van der Waals surface area contributed by atoms with Crippen LogP contribution in [-0.2, 0) is 26.5 Å². The molecule has 0 saturated carbocycles. The highest BCUT2D eigenvalue weighted by atomic mass is 32.2. The van der Waals surface area contributed by atoms with E-state index >= 15 is 0 Å². The summed E-state index contributed by atoms with van der Waals surface area (Å²) in [7, 11) is -3.73. The molecule has 0 aliphatic heterocycles. The molecule has 33 heavy (non-hydrogen) atoms. The Kier molecular flexibility index (Phi) is 5.45. The monoisotopic (exact) mass is 465 g/mol. The molecule has 0 aliphatic carbocycles. The van der Waals surface area contributed by atoms with Crippen molar-refractivity contribution >= 4 is 26.8 Å². The molecule has 1 aromatic heterocycles. The number of nitrogens with zero attached hydrogens (tertiary/aromatic N) is 3. The third kappa shape index (κ3) is 4.31. The van der Waals surface area contributed by atoms with Gasteiger partial charge in [0.15, 0.2) is 0 Å². The number of aromatic nitrogens is 3. The maximum atomic E-state index is 13.0. The van der Waals surface area contributed by atoms with E-state index in [4.69, 9.17) is 0 Å². The summed E-state index contributed by atoms with van der Waals surface area (Å²) < 4.78 is 25.9. The highest BCUT2D eigenvalue weighted by Crippen LogP contribution is 2.36. The molecule has 0 radical (unpaired) electrons. The van der Waals surface area contributed by atoms with Gasteiger partial charge in [0.2, 0.25) is 9.84 Å². The number of hydrogen-bond donors (Lipinski definition) is 2. The van der Waals surface area contributed by atoms with Crippen LogP contribution in [0.4, 0.5) is 0 Å². The van der Waals surface area contributed by atoms with Gasteiger partial charge in [-0.2, -0.15) is 0 Å². The van der Waals surface area contributed by atoms with Gasteiger partial charge < -0.3 is 10.2 Å². The summed E-state index contributed by atoms with van der Waals surface area (Å²) in [5, 5.41) is 29.0. The molecule has 3 aromatic carbocycles. The van der Waals surface area contributed by atoms with Gasteiger partial charge in [-0.1, -0.05) is 45.0 Å². The number of fused-ring (bicyclic) bond motifs is 1. The van der Waals surface area contributed by atoms with Crippen LogP contribution >= 0.6 is 0 Å². The van der Waals surface area contributed by atoms with E-state index in [1.165, 1.54) is 35.1 Å². The van der Waals surface area contributed by atoms with Gasteiger partial charge in [-0.05, 0) is 47.4 Å². The quantitative estimate of drug-likeness (QED) is 0.458. The molecular formula is C24H23N3O5S. The number of rotatable bonds is 5. The van der Waals surface area contributed by atoms with Crippen LogP contribution in [-0.4, -0.2) is 39.6 Å². The molecule has 0 bridgehead atoms. The average Bonchev–Trinajstić information content (AvgIpc) is 3.17. The van der Waals surface area contributed by atoms with Gasteiger partial charge in [0.05, 0.1) is 16.2 Å². The molecule has 0 saturated heterocycles. The van der Waals surface area contributed by atoms with Gasteiger partial charge in [0.25, 0.3) is 0 Å². The minimum atomic E-state index is -3.73. The smallest absolute Gasteiger partial charge is 0.307 e. The van der Waals surface area contributed by atoms with Crippen molar-refractivity contribution in [3.63, 3.8) is 0 Å². The van der Waals surface area contributed by atoms with Gasteiger partial charge in [0.1, 0.15) is 22.5 Å². The molecule has 1 heterocycles. The Morgan fingerprint density at radius 2 is 1.61 bits per heavy atom. The summed E-state index contributed by atoms with van der Waals surface area (Å²) >= 11 is 0. The predicted octanol–water partition coefficient (Wildman–Crippen LogP) is 3.88. The zero-order chi connectivity index (χ0) is 24.0. The van der Waals surface area contributed by atoms with Crippen molar-refractivity contribution < 1.29 is 23.4 Å². The Labute approximate surface area is 191 Å². The van der Waals surface area contributed by atoms with Crippen LogP contribution in [0, 0.1) is 0 Å². The van der Waals surface area contributed by atoms with Crippen LogP contribution in [0.25, 0.3) is 16.7 Å². The van der Waals surface area contributed by atoms with E-state index in [-0.39, 0.29) is 27.6 Å². The molecule has 0 spiro atoms. The summed E-state index contributed by atoms with van der Waals surface area (Å²) in [6.45, 7) is 5.72. The number of aromatic hydroxyl groups is 1. The number of benzene rings is 3. The zero-order valence-electron chi connectivity index (χ0n) is 18.3. The molecule has 4 rings (SSSR count). The SMILES string of the molecule is CC(C)(C)c1cc(CC(=O)O)cc(-n2nc3ccc(S(=O)(=O)c4ccccc4)cc3n2)c1O. The Hall–Kier alpha value is -3.72. The molecular weight excluding hydrogens is 442 g/mol. The lowest BCUT2D eigenvalue weighted by atomic mass is 9.84. The number of aliphatic carboxylic acids is 1. The minimum Gasteiger partial charge on any atom is -0.505 e. The topological polar surface area (TPSA) is 122 Å². The van der Waals surface area contributed by atoms with Crippen LogP contribution in [0.1, 0.15) is 31.9 Å². The minimum absolute atomic E-state index is 0.0610. The second kappa shape index (κ2) is 8.00. The normalized spacial score (nSPS) is 12.2. The highest BCUT2D eigenvalue weighted by Gasteiger charge is 2.24. The number of sulfone groups is 1. The first-order chi connectivity index (χ1) is 15.5.